The molecular weight excluding hydrogens is 236 g/mol. The third-order valence-corrected chi connectivity index (χ3v) is 3.92. The molecule has 19 heavy (non-hydrogen) atoms. The van der Waals surface area contributed by atoms with E-state index in [1.165, 1.54) is 16.7 Å². The highest BCUT2D eigenvalue weighted by Crippen LogP contribution is 2.29. The van der Waals surface area contributed by atoms with Gasteiger partial charge in [-0.1, -0.05) is 19.9 Å². The fraction of sp³-hybridized carbons (Fsp3) is 0.625. The molecule has 1 fully saturated rings. The van der Waals surface area contributed by atoms with E-state index >= 15 is 0 Å². The molecule has 0 amide bonds. The molecule has 0 bridgehead atoms. The first-order valence-corrected chi connectivity index (χ1v) is 7.20. The van der Waals surface area contributed by atoms with E-state index in [1.807, 2.05) is 0 Å². The number of aryl methyl sites for hydroxylation is 1. The first kappa shape index (κ1) is 14.4. The number of nitrogens with one attached hydrogen (secondary N) is 2. The van der Waals surface area contributed by atoms with Gasteiger partial charge in [0.15, 0.2) is 0 Å². The summed E-state index contributed by atoms with van der Waals surface area (Å²) in [5.41, 5.74) is 3.99. The lowest BCUT2D eigenvalue weighted by molar-refractivity contribution is 0.331. The van der Waals surface area contributed by atoms with E-state index in [9.17, 15) is 0 Å². The van der Waals surface area contributed by atoms with E-state index in [0.29, 0.717) is 5.92 Å². The minimum absolute atomic E-state index is 0.491. The van der Waals surface area contributed by atoms with E-state index in [0.717, 1.165) is 37.8 Å². The van der Waals surface area contributed by atoms with Crippen LogP contribution in [0, 0.1) is 12.8 Å². The summed E-state index contributed by atoms with van der Waals surface area (Å²) in [4.78, 5) is 0. The largest absolute Gasteiger partial charge is 0.496 e. The van der Waals surface area contributed by atoms with Crippen LogP contribution in [-0.2, 0) is 6.54 Å². The van der Waals surface area contributed by atoms with Crippen molar-refractivity contribution in [3.05, 3.63) is 28.8 Å². The molecule has 0 atom stereocenters. The standard InChI is InChI=1S/C16H26N2O/c1-11(2)15-6-14(12(3)5-16(15)19-4)10-18-9-13-7-17-8-13/h5-6,11,13,17-18H,7-10H2,1-4H3. The molecule has 0 saturated carbocycles. The highest BCUT2D eigenvalue weighted by atomic mass is 16.5. The summed E-state index contributed by atoms with van der Waals surface area (Å²) in [7, 11) is 1.75. The normalized spacial score (nSPS) is 15.6. The van der Waals surface area contributed by atoms with Gasteiger partial charge in [-0.3, -0.25) is 0 Å². The van der Waals surface area contributed by atoms with Gasteiger partial charge in [0.1, 0.15) is 5.75 Å². The van der Waals surface area contributed by atoms with Gasteiger partial charge in [0, 0.05) is 26.2 Å². The van der Waals surface area contributed by atoms with Gasteiger partial charge in [-0.25, -0.2) is 0 Å². The predicted molar refractivity (Wildman–Crippen MR) is 79.9 cm³/mol. The molecule has 1 aromatic carbocycles. The zero-order valence-electron chi connectivity index (χ0n) is 12.5. The highest BCUT2D eigenvalue weighted by molar-refractivity contribution is 5.43. The quantitative estimate of drug-likeness (QED) is 0.826. The van der Waals surface area contributed by atoms with Gasteiger partial charge >= 0.3 is 0 Å². The summed E-state index contributed by atoms with van der Waals surface area (Å²) in [5, 5.41) is 6.87. The van der Waals surface area contributed by atoms with E-state index in [1.54, 1.807) is 7.11 Å². The van der Waals surface area contributed by atoms with Crippen LogP contribution in [0.2, 0.25) is 0 Å². The maximum Gasteiger partial charge on any atom is 0.122 e. The van der Waals surface area contributed by atoms with Crippen LogP contribution in [0.5, 0.6) is 5.75 Å². The Morgan fingerprint density at radius 1 is 1.37 bits per heavy atom. The van der Waals surface area contributed by atoms with Gasteiger partial charge in [-0.2, -0.15) is 0 Å². The van der Waals surface area contributed by atoms with Crippen molar-refractivity contribution in [3.63, 3.8) is 0 Å². The molecule has 1 aliphatic heterocycles. The molecule has 2 N–H and O–H groups in total. The SMILES string of the molecule is COc1cc(C)c(CNCC2CNC2)cc1C(C)C. The third kappa shape index (κ3) is 3.48. The Kier molecular flexibility index (Phi) is 4.83. The summed E-state index contributed by atoms with van der Waals surface area (Å²) in [6.45, 7) is 11.0. The second-order valence-electron chi connectivity index (χ2n) is 5.83. The zero-order chi connectivity index (χ0) is 13.8. The van der Waals surface area contributed by atoms with Crippen molar-refractivity contribution >= 4 is 0 Å². The van der Waals surface area contributed by atoms with Crippen molar-refractivity contribution in [1.29, 1.82) is 0 Å². The Morgan fingerprint density at radius 2 is 2.11 bits per heavy atom. The molecule has 0 spiro atoms. The number of hydrogen-bond acceptors (Lipinski definition) is 3. The van der Waals surface area contributed by atoms with Crippen LogP contribution in [0.25, 0.3) is 0 Å². The van der Waals surface area contributed by atoms with Crippen LogP contribution >= 0.6 is 0 Å². The molecule has 0 aromatic heterocycles. The molecule has 1 heterocycles. The number of methoxy groups -OCH3 is 1. The highest BCUT2D eigenvalue weighted by Gasteiger charge is 2.16. The zero-order valence-corrected chi connectivity index (χ0v) is 12.5. The van der Waals surface area contributed by atoms with E-state index in [4.69, 9.17) is 4.74 Å². The molecule has 0 radical (unpaired) electrons. The van der Waals surface area contributed by atoms with Crippen molar-refractivity contribution < 1.29 is 4.74 Å². The van der Waals surface area contributed by atoms with Crippen LogP contribution in [0.4, 0.5) is 0 Å². The summed E-state index contributed by atoms with van der Waals surface area (Å²) in [5.74, 6) is 2.31. The molecule has 106 valence electrons. The van der Waals surface area contributed by atoms with E-state index in [2.05, 4.69) is 43.5 Å². The maximum absolute atomic E-state index is 5.48. The lowest BCUT2D eigenvalue weighted by Crippen LogP contribution is -2.47. The molecule has 1 saturated heterocycles. The summed E-state index contributed by atoms with van der Waals surface area (Å²) in [6.07, 6.45) is 0. The second-order valence-corrected chi connectivity index (χ2v) is 5.83. The second kappa shape index (κ2) is 6.40. The first-order valence-electron chi connectivity index (χ1n) is 7.20. The summed E-state index contributed by atoms with van der Waals surface area (Å²) >= 11 is 0. The predicted octanol–water partition coefficient (Wildman–Crippen LogP) is 2.44. The van der Waals surface area contributed by atoms with Crippen LogP contribution in [0.1, 0.15) is 36.5 Å². The van der Waals surface area contributed by atoms with Gasteiger partial charge in [-0.05, 0) is 41.5 Å². The van der Waals surface area contributed by atoms with Crippen LogP contribution in [-0.4, -0.2) is 26.7 Å². The Morgan fingerprint density at radius 3 is 2.63 bits per heavy atom. The van der Waals surface area contributed by atoms with Crippen molar-refractivity contribution in [2.24, 2.45) is 5.92 Å². The fourth-order valence-electron chi connectivity index (χ4n) is 2.47. The Balaban J connectivity index is 2.03. The van der Waals surface area contributed by atoms with Crippen molar-refractivity contribution in [3.8, 4) is 5.75 Å². The molecule has 0 unspecified atom stereocenters. The van der Waals surface area contributed by atoms with Gasteiger partial charge in [0.05, 0.1) is 7.11 Å². The Labute approximate surface area is 116 Å². The van der Waals surface area contributed by atoms with Crippen molar-refractivity contribution in [2.75, 3.05) is 26.7 Å². The molecule has 3 nitrogen and oxygen atoms in total. The van der Waals surface area contributed by atoms with E-state index < -0.39 is 0 Å². The monoisotopic (exact) mass is 262 g/mol. The minimum Gasteiger partial charge on any atom is -0.496 e. The van der Waals surface area contributed by atoms with E-state index in [-0.39, 0.29) is 0 Å². The van der Waals surface area contributed by atoms with Crippen LogP contribution in [0.15, 0.2) is 12.1 Å². The number of ether oxygens (including phenoxy) is 1. The number of benzene rings is 1. The maximum atomic E-state index is 5.48. The average Bonchev–Trinajstić information content (AvgIpc) is 2.33. The van der Waals surface area contributed by atoms with Crippen molar-refractivity contribution in [1.82, 2.24) is 10.6 Å². The van der Waals surface area contributed by atoms with Gasteiger partial charge < -0.3 is 15.4 Å². The molecule has 2 rings (SSSR count). The lowest BCUT2D eigenvalue weighted by atomic mass is 9.96. The Bertz CT molecular complexity index is 425. The van der Waals surface area contributed by atoms with Gasteiger partial charge in [0.25, 0.3) is 0 Å². The number of rotatable bonds is 6. The fourth-order valence-corrected chi connectivity index (χ4v) is 2.47. The molecule has 3 heteroatoms. The molecular formula is C16H26N2O. The number of hydrogen-bond donors (Lipinski definition) is 2. The van der Waals surface area contributed by atoms with Gasteiger partial charge in [0.2, 0.25) is 0 Å². The lowest BCUT2D eigenvalue weighted by Gasteiger charge is -2.27. The van der Waals surface area contributed by atoms with Crippen LogP contribution < -0.4 is 15.4 Å². The van der Waals surface area contributed by atoms with Gasteiger partial charge in [-0.15, -0.1) is 0 Å². The summed E-state index contributed by atoms with van der Waals surface area (Å²) < 4.78 is 5.48. The molecule has 1 aromatic rings. The third-order valence-electron chi connectivity index (χ3n) is 3.92. The van der Waals surface area contributed by atoms with Crippen LogP contribution in [0.3, 0.4) is 0 Å². The molecule has 1 aliphatic rings. The Hall–Kier alpha value is -1.06. The summed E-state index contributed by atoms with van der Waals surface area (Å²) in [6, 6.07) is 4.46. The molecule has 0 aliphatic carbocycles. The first-order chi connectivity index (χ1) is 9.11. The topological polar surface area (TPSA) is 33.3 Å². The average molecular weight is 262 g/mol. The smallest absolute Gasteiger partial charge is 0.122 e. The minimum atomic E-state index is 0.491. The van der Waals surface area contributed by atoms with Crippen molar-refractivity contribution in [2.45, 2.75) is 33.2 Å².